The standard InChI is InChI=1S/C12H19N3O2S/c1-8-3-10(16)6-15(5-8)12(17)13-4-11-9(2)14-7-18-11/h7-8,10,16H,3-6H2,1-2H3,(H,13,17)/t8-,10+/m1/s1. The molecule has 0 aromatic carbocycles. The number of aryl methyl sites for hydroxylation is 1. The average molecular weight is 269 g/mol. The molecule has 0 saturated carbocycles. The Morgan fingerprint density at radius 1 is 1.67 bits per heavy atom. The van der Waals surface area contributed by atoms with E-state index in [4.69, 9.17) is 0 Å². The van der Waals surface area contributed by atoms with E-state index in [9.17, 15) is 9.90 Å². The maximum Gasteiger partial charge on any atom is 0.317 e. The second-order valence-electron chi connectivity index (χ2n) is 4.92. The first kappa shape index (κ1) is 13.3. The maximum absolute atomic E-state index is 12.0. The fourth-order valence-corrected chi connectivity index (χ4v) is 2.96. The lowest BCUT2D eigenvalue weighted by Gasteiger charge is -2.34. The van der Waals surface area contributed by atoms with Crippen molar-refractivity contribution in [3.63, 3.8) is 0 Å². The van der Waals surface area contributed by atoms with Crippen molar-refractivity contribution >= 4 is 17.4 Å². The van der Waals surface area contributed by atoms with Gasteiger partial charge < -0.3 is 15.3 Å². The van der Waals surface area contributed by atoms with E-state index in [0.717, 1.165) is 17.0 Å². The molecule has 100 valence electrons. The Morgan fingerprint density at radius 3 is 3.06 bits per heavy atom. The molecule has 0 aliphatic carbocycles. The molecule has 1 saturated heterocycles. The van der Waals surface area contributed by atoms with Crippen molar-refractivity contribution in [1.29, 1.82) is 0 Å². The molecule has 2 rings (SSSR count). The number of piperidine rings is 1. The van der Waals surface area contributed by atoms with E-state index in [1.807, 2.05) is 6.92 Å². The minimum atomic E-state index is -0.398. The third-order valence-corrected chi connectivity index (χ3v) is 4.10. The van der Waals surface area contributed by atoms with Gasteiger partial charge in [-0.05, 0) is 19.3 Å². The van der Waals surface area contributed by atoms with Gasteiger partial charge in [0.25, 0.3) is 0 Å². The van der Waals surface area contributed by atoms with Crippen LogP contribution < -0.4 is 5.32 Å². The molecule has 0 spiro atoms. The number of carbonyl (C=O) groups excluding carboxylic acids is 1. The summed E-state index contributed by atoms with van der Waals surface area (Å²) >= 11 is 1.55. The second-order valence-corrected chi connectivity index (χ2v) is 5.86. The zero-order chi connectivity index (χ0) is 13.1. The minimum Gasteiger partial charge on any atom is -0.391 e. The molecule has 1 fully saturated rings. The van der Waals surface area contributed by atoms with Gasteiger partial charge in [-0.2, -0.15) is 0 Å². The fourth-order valence-electron chi connectivity index (χ4n) is 2.25. The quantitative estimate of drug-likeness (QED) is 0.852. The number of hydrogen-bond donors (Lipinski definition) is 2. The van der Waals surface area contributed by atoms with E-state index in [0.29, 0.717) is 25.6 Å². The van der Waals surface area contributed by atoms with Crippen LogP contribution in [-0.4, -0.2) is 40.2 Å². The number of nitrogens with one attached hydrogen (secondary N) is 1. The Balaban J connectivity index is 1.86. The molecule has 1 aromatic heterocycles. The van der Waals surface area contributed by atoms with Crippen molar-refractivity contribution in [2.24, 2.45) is 5.92 Å². The zero-order valence-corrected chi connectivity index (χ0v) is 11.5. The van der Waals surface area contributed by atoms with Gasteiger partial charge in [-0.25, -0.2) is 9.78 Å². The SMILES string of the molecule is Cc1ncsc1CNC(=O)N1C[C@H](C)C[C@H](O)C1. The molecule has 0 radical (unpaired) electrons. The zero-order valence-electron chi connectivity index (χ0n) is 10.7. The van der Waals surface area contributed by atoms with Crippen LogP contribution in [0.15, 0.2) is 5.51 Å². The van der Waals surface area contributed by atoms with Crippen molar-refractivity contribution in [2.45, 2.75) is 32.9 Å². The second kappa shape index (κ2) is 5.67. The van der Waals surface area contributed by atoms with Crippen LogP contribution in [0.2, 0.25) is 0 Å². The predicted molar refractivity (Wildman–Crippen MR) is 70.4 cm³/mol. The summed E-state index contributed by atoms with van der Waals surface area (Å²) in [6.07, 6.45) is 0.377. The van der Waals surface area contributed by atoms with Gasteiger partial charge in [0.2, 0.25) is 0 Å². The van der Waals surface area contributed by atoms with Crippen molar-refractivity contribution < 1.29 is 9.90 Å². The highest BCUT2D eigenvalue weighted by molar-refractivity contribution is 7.09. The number of likely N-dealkylation sites (tertiary alicyclic amines) is 1. The lowest BCUT2D eigenvalue weighted by atomic mass is 9.98. The topological polar surface area (TPSA) is 65.5 Å². The van der Waals surface area contributed by atoms with Gasteiger partial charge in [-0.3, -0.25) is 0 Å². The van der Waals surface area contributed by atoms with Crippen LogP contribution >= 0.6 is 11.3 Å². The van der Waals surface area contributed by atoms with Gasteiger partial charge in [-0.1, -0.05) is 6.92 Å². The number of β-amino-alcohol motifs (C(OH)–C–C–N with tert-alkyl or cyclic N) is 1. The molecule has 18 heavy (non-hydrogen) atoms. The van der Waals surface area contributed by atoms with Crippen LogP contribution in [0.3, 0.4) is 0 Å². The number of amides is 2. The summed E-state index contributed by atoms with van der Waals surface area (Å²) < 4.78 is 0. The van der Waals surface area contributed by atoms with Gasteiger partial charge in [0.05, 0.1) is 23.9 Å². The van der Waals surface area contributed by atoms with E-state index in [2.05, 4.69) is 17.2 Å². The fraction of sp³-hybridized carbons (Fsp3) is 0.667. The molecule has 6 heteroatoms. The monoisotopic (exact) mass is 269 g/mol. The first-order valence-corrected chi connectivity index (χ1v) is 7.04. The smallest absolute Gasteiger partial charge is 0.317 e. The van der Waals surface area contributed by atoms with E-state index < -0.39 is 6.10 Å². The van der Waals surface area contributed by atoms with Gasteiger partial charge >= 0.3 is 6.03 Å². The van der Waals surface area contributed by atoms with Gasteiger partial charge in [0.15, 0.2) is 0 Å². The van der Waals surface area contributed by atoms with Crippen molar-refractivity contribution in [3.05, 3.63) is 16.1 Å². The Morgan fingerprint density at radius 2 is 2.44 bits per heavy atom. The molecule has 2 atom stereocenters. The van der Waals surface area contributed by atoms with Crippen LogP contribution in [0.1, 0.15) is 23.9 Å². The summed E-state index contributed by atoms with van der Waals surface area (Å²) in [6, 6.07) is -0.103. The van der Waals surface area contributed by atoms with Crippen LogP contribution in [0.5, 0.6) is 0 Å². The van der Waals surface area contributed by atoms with Crippen LogP contribution in [-0.2, 0) is 6.54 Å². The molecule has 1 aliphatic heterocycles. The molecule has 2 heterocycles. The molecule has 1 aromatic rings. The Labute approximate surface area is 111 Å². The number of carbonyl (C=O) groups is 1. The Kier molecular flexibility index (Phi) is 4.19. The summed E-state index contributed by atoms with van der Waals surface area (Å²) in [5.41, 5.74) is 2.75. The highest BCUT2D eigenvalue weighted by Crippen LogP contribution is 2.16. The van der Waals surface area contributed by atoms with E-state index >= 15 is 0 Å². The third-order valence-electron chi connectivity index (χ3n) is 3.17. The average Bonchev–Trinajstić information content (AvgIpc) is 2.70. The van der Waals surface area contributed by atoms with Crippen molar-refractivity contribution in [2.75, 3.05) is 13.1 Å². The molecular formula is C12H19N3O2S. The molecule has 2 amide bonds. The van der Waals surface area contributed by atoms with Gasteiger partial charge in [-0.15, -0.1) is 11.3 Å². The molecule has 0 bridgehead atoms. The number of aliphatic hydroxyl groups is 1. The summed E-state index contributed by atoms with van der Waals surface area (Å²) in [4.78, 5) is 18.9. The van der Waals surface area contributed by atoms with Crippen molar-refractivity contribution in [3.8, 4) is 0 Å². The lowest BCUT2D eigenvalue weighted by molar-refractivity contribution is 0.0604. The van der Waals surface area contributed by atoms with E-state index in [1.165, 1.54) is 0 Å². The number of thiazole rings is 1. The molecule has 1 aliphatic rings. The maximum atomic E-state index is 12.0. The highest BCUT2D eigenvalue weighted by atomic mass is 32.1. The number of aromatic nitrogens is 1. The van der Waals surface area contributed by atoms with Crippen molar-refractivity contribution in [1.82, 2.24) is 15.2 Å². The van der Waals surface area contributed by atoms with E-state index in [-0.39, 0.29) is 6.03 Å². The number of nitrogens with zero attached hydrogens (tertiary/aromatic N) is 2. The lowest BCUT2D eigenvalue weighted by Crippen LogP contribution is -2.49. The Bertz CT molecular complexity index is 411. The van der Waals surface area contributed by atoms with Crippen LogP contribution in [0, 0.1) is 12.8 Å². The summed E-state index contributed by atoms with van der Waals surface area (Å²) in [7, 11) is 0. The first-order valence-electron chi connectivity index (χ1n) is 6.16. The van der Waals surface area contributed by atoms with Crippen LogP contribution in [0.25, 0.3) is 0 Å². The summed E-state index contributed by atoms with van der Waals surface area (Å²) in [6.45, 7) is 5.64. The van der Waals surface area contributed by atoms with Gasteiger partial charge in [0.1, 0.15) is 0 Å². The third kappa shape index (κ3) is 3.20. The Hall–Kier alpha value is -1.14. The minimum absolute atomic E-state index is 0.103. The molecule has 5 nitrogen and oxygen atoms in total. The first-order chi connectivity index (χ1) is 8.56. The number of hydrogen-bond acceptors (Lipinski definition) is 4. The molecular weight excluding hydrogens is 250 g/mol. The largest absolute Gasteiger partial charge is 0.391 e. The summed E-state index contributed by atoms with van der Waals surface area (Å²) in [5, 5.41) is 12.5. The number of rotatable bonds is 2. The normalized spacial score (nSPS) is 24.1. The molecule has 2 N–H and O–H groups in total. The molecule has 0 unspecified atom stereocenters. The number of urea groups is 1. The van der Waals surface area contributed by atoms with E-state index in [1.54, 1.807) is 21.7 Å². The highest BCUT2D eigenvalue weighted by Gasteiger charge is 2.26. The number of aliphatic hydroxyl groups excluding tert-OH is 1. The van der Waals surface area contributed by atoms with Crippen LogP contribution in [0.4, 0.5) is 4.79 Å². The summed E-state index contributed by atoms with van der Waals surface area (Å²) in [5.74, 6) is 0.352. The van der Waals surface area contributed by atoms with Gasteiger partial charge in [0, 0.05) is 18.0 Å². The predicted octanol–water partition coefficient (Wildman–Crippen LogP) is 1.36.